The summed E-state index contributed by atoms with van der Waals surface area (Å²) in [5, 5.41) is 0. The highest BCUT2D eigenvalue weighted by molar-refractivity contribution is 5.16. The highest BCUT2D eigenvalue weighted by atomic mass is 16.5. The molecule has 2 N–H and O–H groups in total. The van der Waals surface area contributed by atoms with Crippen molar-refractivity contribution in [3.05, 3.63) is 35.9 Å². The largest absolute Gasteiger partial charge is 0.383 e. The Morgan fingerprint density at radius 2 is 1.89 bits per heavy atom. The first kappa shape index (κ1) is 16.2. The molecular weight excluding hydrogens is 236 g/mol. The molecule has 0 amide bonds. The molecule has 0 radical (unpaired) electrons. The van der Waals surface area contributed by atoms with Crippen molar-refractivity contribution < 1.29 is 4.74 Å². The van der Waals surface area contributed by atoms with Gasteiger partial charge in [-0.2, -0.15) is 0 Å². The monoisotopic (exact) mass is 264 g/mol. The van der Waals surface area contributed by atoms with Gasteiger partial charge in [-0.05, 0) is 17.9 Å². The van der Waals surface area contributed by atoms with Gasteiger partial charge in [-0.25, -0.2) is 0 Å². The van der Waals surface area contributed by atoms with Crippen LogP contribution in [0.4, 0.5) is 0 Å². The van der Waals surface area contributed by atoms with Crippen LogP contribution in [0.2, 0.25) is 0 Å². The van der Waals surface area contributed by atoms with E-state index >= 15 is 0 Å². The normalized spacial score (nSPS) is 13.2. The number of benzene rings is 1. The summed E-state index contributed by atoms with van der Waals surface area (Å²) in [6, 6.07) is 11.0. The lowest BCUT2D eigenvalue weighted by Gasteiger charge is -2.32. The average Bonchev–Trinajstić information content (AvgIpc) is 2.41. The first-order valence-electron chi connectivity index (χ1n) is 7.14. The molecule has 0 aliphatic carbocycles. The van der Waals surface area contributed by atoms with Crippen LogP contribution in [-0.2, 0) is 11.2 Å². The summed E-state index contributed by atoms with van der Waals surface area (Å²) >= 11 is 0. The number of ether oxygens (including phenoxy) is 1. The first-order chi connectivity index (χ1) is 9.17. The van der Waals surface area contributed by atoms with Crippen molar-refractivity contribution in [3.8, 4) is 0 Å². The zero-order chi connectivity index (χ0) is 14.1. The lowest BCUT2D eigenvalue weighted by molar-refractivity contribution is 0.111. The Labute approximate surface area is 117 Å². The van der Waals surface area contributed by atoms with E-state index in [9.17, 15) is 0 Å². The molecule has 19 heavy (non-hydrogen) atoms. The summed E-state index contributed by atoms with van der Waals surface area (Å²) in [7, 11) is 1.75. The van der Waals surface area contributed by atoms with Gasteiger partial charge >= 0.3 is 0 Å². The van der Waals surface area contributed by atoms with Gasteiger partial charge in [0.2, 0.25) is 0 Å². The second-order valence-electron chi connectivity index (χ2n) is 5.46. The lowest BCUT2D eigenvalue weighted by atomic mass is 10.0. The summed E-state index contributed by atoms with van der Waals surface area (Å²) < 4.78 is 5.22. The Morgan fingerprint density at radius 1 is 1.21 bits per heavy atom. The van der Waals surface area contributed by atoms with Crippen LogP contribution in [0.5, 0.6) is 0 Å². The Morgan fingerprint density at radius 3 is 2.42 bits per heavy atom. The van der Waals surface area contributed by atoms with E-state index in [4.69, 9.17) is 10.5 Å². The van der Waals surface area contributed by atoms with Crippen LogP contribution in [0.25, 0.3) is 0 Å². The Bertz CT molecular complexity index is 327. The van der Waals surface area contributed by atoms with E-state index < -0.39 is 0 Å². The summed E-state index contributed by atoms with van der Waals surface area (Å²) in [4.78, 5) is 2.46. The molecule has 0 heterocycles. The van der Waals surface area contributed by atoms with Crippen LogP contribution in [0.15, 0.2) is 30.3 Å². The van der Waals surface area contributed by atoms with Crippen LogP contribution >= 0.6 is 0 Å². The fourth-order valence-corrected chi connectivity index (χ4v) is 2.35. The number of rotatable bonds is 9. The molecule has 3 heteroatoms. The highest BCUT2D eigenvalue weighted by Crippen LogP contribution is 2.10. The first-order valence-corrected chi connectivity index (χ1v) is 7.14. The van der Waals surface area contributed by atoms with Crippen molar-refractivity contribution >= 4 is 0 Å². The zero-order valence-electron chi connectivity index (χ0n) is 12.5. The number of hydrogen-bond donors (Lipinski definition) is 1. The molecule has 0 spiro atoms. The molecule has 0 aliphatic heterocycles. The molecule has 1 aromatic rings. The van der Waals surface area contributed by atoms with E-state index in [1.54, 1.807) is 7.11 Å². The molecule has 0 bridgehead atoms. The van der Waals surface area contributed by atoms with Crippen molar-refractivity contribution in [2.24, 2.45) is 11.7 Å². The maximum absolute atomic E-state index is 5.99. The van der Waals surface area contributed by atoms with Gasteiger partial charge in [0.15, 0.2) is 0 Å². The Hall–Kier alpha value is -0.900. The van der Waals surface area contributed by atoms with E-state index in [2.05, 4.69) is 49.1 Å². The van der Waals surface area contributed by atoms with Gasteiger partial charge in [0.05, 0.1) is 6.61 Å². The van der Waals surface area contributed by atoms with Crippen LogP contribution in [0.1, 0.15) is 19.4 Å². The van der Waals surface area contributed by atoms with Crippen molar-refractivity contribution in [3.63, 3.8) is 0 Å². The fraction of sp³-hybridized carbons (Fsp3) is 0.625. The van der Waals surface area contributed by atoms with Crippen molar-refractivity contribution in [1.29, 1.82) is 0 Å². The van der Waals surface area contributed by atoms with Crippen LogP contribution < -0.4 is 5.73 Å². The third-order valence-corrected chi connectivity index (χ3v) is 3.28. The van der Waals surface area contributed by atoms with E-state index in [0.29, 0.717) is 18.5 Å². The molecule has 0 saturated heterocycles. The number of nitrogens with two attached hydrogens (primary N) is 1. The van der Waals surface area contributed by atoms with Gasteiger partial charge in [0.25, 0.3) is 0 Å². The number of hydrogen-bond acceptors (Lipinski definition) is 3. The predicted octanol–water partition coefficient (Wildman–Crippen LogP) is 2.16. The minimum atomic E-state index is 0.389. The van der Waals surface area contributed by atoms with Crippen LogP contribution in [0.3, 0.4) is 0 Å². The molecule has 0 saturated carbocycles. The van der Waals surface area contributed by atoms with Gasteiger partial charge in [-0.15, -0.1) is 0 Å². The molecule has 0 aliphatic rings. The van der Waals surface area contributed by atoms with Gasteiger partial charge in [-0.3, -0.25) is 4.90 Å². The fourth-order valence-electron chi connectivity index (χ4n) is 2.35. The van der Waals surface area contributed by atoms with Crippen molar-refractivity contribution in [2.75, 3.05) is 33.4 Å². The standard InChI is InChI=1S/C16H28N2O/c1-14(2)13-18(9-10-19-3)16(12-17)11-15-7-5-4-6-8-15/h4-8,14,16H,9-13,17H2,1-3H3. The highest BCUT2D eigenvalue weighted by Gasteiger charge is 2.18. The third kappa shape index (κ3) is 6.19. The zero-order valence-corrected chi connectivity index (χ0v) is 12.5. The topological polar surface area (TPSA) is 38.5 Å². The number of methoxy groups -OCH3 is 1. The second kappa shape index (κ2) is 9.08. The summed E-state index contributed by atoms with van der Waals surface area (Å²) in [5.74, 6) is 0.640. The van der Waals surface area contributed by atoms with Crippen LogP contribution in [-0.4, -0.2) is 44.3 Å². The van der Waals surface area contributed by atoms with E-state index in [-0.39, 0.29) is 0 Å². The maximum atomic E-state index is 5.99. The van der Waals surface area contributed by atoms with Gasteiger partial charge in [0, 0.05) is 32.8 Å². The van der Waals surface area contributed by atoms with E-state index in [1.807, 2.05) is 0 Å². The lowest BCUT2D eigenvalue weighted by Crippen LogP contribution is -2.45. The molecule has 1 aromatic carbocycles. The third-order valence-electron chi connectivity index (χ3n) is 3.28. The Kier molecular flexibility index (Phi) is 7.72. The molecule has 0 fully saturated rings. The molecule has 0 aromatic heterocycles. The molecule has 1 rings (SSSR count). The Balaban J connectivity index is 2.65. The van der Waals surface area contributed by atoms with E-state index in [1.165, 1.54) is 5.56 Å². The molecular formula is C16H28N2O. The molecule has 108 valence electrons. The van der Waals surface area contributed by atoms with Crippen molar-refractivity contribution in [2.45, 2.75) is 26.3 Å². The minimum absolute atomic E-state index is 0.389. The smallest absolute Gasteiger partial charge is 0.0589 e. The average molecular weight is 264 g/mol. The predicted molar refractivity (Wildman–Crippen MR) is 81.3 cm³/mol. The van der Waals surface area contributed by atoms with Crippen LogP contribution in [0, 0.1) is 5.92 Å². The minimum Gasteiger partial charge on any atom is -0.383 e. The van der Waals surface area contributed by atoms with Gasteiger partial charge in [-0.1, -0.05) is 44.2 Å². The summed E-state index contributed by atoms with van der Waals surface area (Å²) in [6.45, 7) is 7.95. The van der Waals surface area contributed by atoms with Gasteiger partial charge < -0.3 is 10.5 Å². The quantitative estimate of drug-likeness (QED) is 0.743. The van der Waals surface area contributed by atoms with Gasteiger partial charge in [0.1, 0.15) is 0 Å². The molecule has 3 nitrogen and oxygen atoms in total. The van der Waals surface area contributed by atoms with E-state index in [0.717, 1.165) is 26.1 Å². The second-order valence-corrected chi connectivity index (χ2v) is 5.46. The molecule has 1 atom stereocenters. The van der Waals surface area contributed by atoms with Crippen molar-refractivity contribution in [1.82, 2.24) is 4.90 Å². The molecule has 1 unspecified atom stereocenters. The number of nitrogens with zero attached hydrogens (tertiary/aromatic N) is 1. The summed E-state index contributed by atoms with van der Waals surface area (Å²) in [6.07, 6.45) is 1.01. The SMILES string of the molecule is COCCN(CC(C)C)C(CN)Cc1ccccc1. The maximum Gasteiger partial charge on any atom is 0.0589 e. The summed E-state index contributed by atoms with van der Waals surface area (Å²) in [5.41, 5.74) is 7.34.